The second-order valence-electron chi connectivity index (χ2n) is 3.78. The van der Waals surface area contributed by atoms with Crippen LogP contribution in [0.15, 0.2) is 4.79 Å². The quantitative estimate of drug-likeness (QED) is 0.701. The van der Waals surface area contributed by atoms with E-state index in [-0.39, 0.29) is 5.69 Å². The predicted molar refractivity (Wildman–Crippen MR) is 54.1 cm³/mol. The number of hydrogen-bond donors (Lipinski definition) is 1. The molecular weight excluding hydrogens is 196 g/mol. The number of aromatic nitrogens is 2. The summed E-state index contributed by atoms with van der Waals surface area (Å²) in [5, 5.41) is 9.48. The molecule has 0 spiro atoms. The average molecular weight is 210 g/mol. The molecule has 82 valence electrons. The molecule has 0 saturated heterocycles. The monoisotopic (exact) mass is 210 g/mol. The maximum absolute atomic E-state index is 11.6. The van der Waals surface area contributed by atoms with Crippen molar-refractivity contribution in [2.45, 2.75) is 32.4 Å². The zero-order valence-corrected chi connectivity index (χ0v) is 8.86. The van der Waals surface area contributed by atoms with Crippen LogP contribution in [0.2, 0.25) is 0 Å². The van der Waals surface area contributed by atoms with Crippen LogP contribution in [0.1, 0.15) is 17.7 Å². The van der Waals surface area contributed by atoms with Crippen LogP contribution in [0.5, 0.6) is 5.88 Å². The molecule has 0 radical (unpaired) electrons. The molecule has 0 saturated carbocycles. The van der Waals surface area contributed by atoms with Gasteiger partial charge >= 0.3 is 5.69 Å². The van der Waals surface area contributed by atoms with E-state index in [1.807, 2.05) is 6.92 Å². The van der Waals surface area contributed by atoms with Crippen molar-refractivity contribution >= 4 is 0 Å². The molecule has 0 aromatic carbocycles. The van der Waals surface area contributed by atoms with Crippen molar-refractivity contribution in [2.24, 2.45) is 0 Å². The maximum atomic E-state index is 11.6. The Morgan fingerprint density at radius 2 is 2.33 bits per heavy atom. The molecular formula is C10H14N2O3. The van der Waals surface area contributed by atoms with E-state index >= 15 is 0 Å². The topological polar surface area (TPSA) is 64.3 Å². The molecule has 1 aromatic rings. The summed E-state index contributed by atoms with van der Waals surface area (Å²) in [4.78, 5) is 15.4. The van der Waals surface area contributed by atoms with Crippen molar-refractivity contribution < 1.29 is 9.84 Å². The Morgan fingerprint density at radius 1 is 1.60 bits per heavy atom. The molecule has 2 heterocycles. The predicted octanol–water partition coefficient (Wildman–Crippen LogP) is -0.133. The molecule has 5 heteroatoms. The van der Waals surface area contributed by atoms with Crippen LogP contribution in [0.3, 0.4) is 0 Å². The fourth-order valence-corrected chi connectivity index (χ4v) is 1.99. The standard InChI is InChI=1S/C10H14N2O3/c1-6-8-4-3-7(13)5-12(8)10(14)11-9(6)15-2/h7,13H,3-5H2,1-2H3/t7-/m0/s1. The van der Waals surface area contributed by atoms with Crippen molar-refractivity contribution in [2.75, 3.05) is 7.11 Å². The summed E-state index contributed by atoms with van der Waals surface area (Å²) in [6, 6.07) is 0. The summed E-state index contributed by atoms with van der Waals surface area (Å²) in [6.07, 6.45) is 0.943. The average Bonchev–Trinajstić information content (AvgIpc) is 2.23. The molecule has 1 aliphatic rings. The summed E-state index contributed by atoms with van der Waals surface area (Å²) in [5.41, 5.74) is 1.48. The lowest BCUT2D eigenvalue weighted by atomic mass is 10.0. The first kappa shape index (κ1) is 10.2. The lowest BCUT2D eigenvalue weighted by Gasteiger charge is -2.24. The van der Waals surface area contributed by atoms with Crippen LogP contribution >= 0.6 is 0 Å². The number of nitrogens with zero attached hydrogens (tertiary/aromatic N) is 2. The third kappa shape index (κ3) is 1.63. The van der Waals surface area contributed by atoms with Crippen molar-refractivity contribution in [3.8, 4) is 5.88 Å². The number of fused-ring (bicyclic) bond motifs is 1. The second-order valence-corrected chi connectivity index (χ2v) is 3.78. The molecule has 1 atom stereocenters. The number of ether oxygens (including phenoxy) is 1. The molecule has 0 unspecified atom stereocenters. The molecule has 1 aromatic heterocycles. The molecule has 5 nitrogen and oxygen atoms in total. The van der Waals surface area contributed by atoms with Crippen LogP contribution < -0.4 is 10.4 Å². The fourth-order valence-electron chi connectivity index (χ4n) is 1.99. The molecule has 0 amide bonds. The second kappa shape index (κ2) is 3.66. The number of aliphatic hydroxyl groups excluding tert-OH is 1. The highest BCUT2D eigenvalue weighted by atomic mass is 16.5. The van der Waals surface area contributed by atoms with Gasteiger partial charge in [0.25, 0.3) is 0 Å². The Kier molecular flexibility index (Phi) is 2.48. The zero-order valence-electron chi connectivity index (χ0n) is 8.86. The van der Waals surface area contributed by atoms with E-state index in [0.717, 1.165) is 11.3 Å². The Balaban J connectivity index is 2.60. The highest BCUT2D eigenvalue weighted by Crippen LogP contribution is 2.21. The van der Waals surface area contributed by atoms with Crippen molar-refractivity contribution in [1.82, 2.24) is 9.55 Å². The number of rotatable bonds is 1. The van der Waals surface area contributed by atoms with Gasteiger partial charge in [0.05, 0.1) is 19.8 Å². The van der Waals surface area contributed by atoms with Gasteiger partial charge in [0, 0.05) is 11.3 Å². The smallest absolute Gasteiger partial charge is 0.351 e. The summed E-state index contributed by atoms with van der Waals surface area (Å²) >= 11 is 0. The Hall–Kier alpha value is -1.36. The summed E-state index contributed by atoms with van der Waals surface area (Å²) < 4.78 is 6.57. The van der Waals surface area contributed by atoms with E-state index in [1.165, 1.54) is 11.7 Å². The normalized spacial score (nSPS) is 19.8. The minimum Gasteiger partial charge on any atom is -0.481 e. The summed E-state index contributed by atoms with van der Waals surface area (Å²) in [6.45, 7) is 2.22. The fraction of sp³-hybridized carbons (Fsp3) is 0.600. The minimum absolute atomic E-state index is 0.339. The molecule has 0 fully saturated rings. The number of hydrogen-bond acceptors (Lipinski definition) is 4. The van der Waals surface area contributed by atoms with Crippen LogP contribution in [0.25, 0.3) is 0 Å². The van der Waals surface area contributed by atoms with E-state index in [0.29, 0.717) is 25.3 Å². The van der Waals surface area contributed by atoms with Gasteiger partial charge in [-0.3, -0.25) is 4.57 Å². The Morgan fingerprint density at radius 3 is 3.00 bits per heavy atom. The van der Waals surface area contributed by atoms with Gasteiger partial charge in [0.2, 0.25) is 5.88 Å². The molecule has 1 N–H and O–H groups in total. The van der Waals surface area contributed by atoms with Crippen molar-refractivity contribution in [1.29, 1.82) is 0 Å². The van der Waals surface area contributed by atoms with E-state index in [1.54, 1.807) is 0 Å². The van der Waals surface area contributed by atoms with Crippen molar-refractivity contribution in [3.05, 3.63) is 21.7 Å². The minimum atomic E-state index is -0.440. The first-order chi connectivity index (χ1) is 7.13. The third-order valence-corrected chi connectivity index (χ3v) is 2.81. The van der Waals surface area contributed by atoms with E-state index in [2.05, 4.69) is 4.98 Å². The lowest BCUT2D eigenvalue weighted by Crippen LogP contribution is -2.36. The summed E-state index contributed by atoms with van der Waals surface area (Å²) in [5.74, 6) is 0.391. The van der Waals surface area contributed by atoms with Gasteiger partial charge in [-0.2, -0.15) is 4.98 Å². The van der Waals surface area contributed by atoms with Gasteiger partial charge in [0.1, 0.15) is 0 Å². The zero-order chi connectivity index (χ0) is 11.0. The van der Waals surface area contributed by atoms with Gasteiger partial charge < -0.3 is 9.84 Å². The number of aliphatic hydroxyl groups is 1. The van der Waals surface area contributed by atoms with Crippen LogP contribution in [0, 0.1) is 6.92 Å². The molecule has 0 bridgehead atoms. The first-order valence-corrected chi connectivity index (χ1v) is 4.96. The first-order valence-electron chi connectivity index (χ1n) is 4.96. The van der Waals surface area contributed by atoms with E-state index in [9.17, 15) is 9.90 Å². The van der Waals surface area contributed by atoms with Gasteiger partial charge in [-0.05, 0) is 19.8 Å². The SMILES string of the molecule is COc1nc(=O)n2c(c1C)CC[C@H](O)C2. The highest BCUT2D eigenvalue weighted by molar-refractivity contribution is 5.29. The van der Waals surface area contributed by atoms with Gasteiger partial charge in [-0.1, -0.05) is 0 Å². The van der Waals surface area contributed by atoms with Gasteiger partial charge in [0.15, 0.2) is 0 Å². The molecule has 0 aliphatic carbocycles. The third-order valence-electron chi connectivity index (χ3n) is 2.81. The Bertz CT molecular complexity index is 439. The summed E-state index contributed by atoms with van der Waals surface area (Å²) in [7, 11) is 1.50. The maximum Gasteiger partial charge on any atom is 0.351 e. The molecule has 1 aliphatic heterocycles. The molecule has 15 heavy (non-hydrogen) atoms. The van der Waals surface area contributed by atoms with E-state index in [4.69, 9.17) is 4.74 Å². The van der Waals surface area contributed by atoms with E-state index < -0.39 is 6.10 Å². The van der Waals surface area contributed by atoms with Crippen LogP contribution in [-0.4, -0.2) is 27.9 Å². The molecule has 2 rings (SSSR count). The Labute approximate surface area is 87.3 Å². The van der Waals surface area contributed by atoms with Crippen molar-refractivity contribution in [3.63, 3.8) is 0 Å². The largest absolute Gasteiger partial charge is 0.481 e. The van der Waals surface area contributed by atoms with Crippen LogP contribution in [-0.2, 0) is 13.0 Å². The lowest BCUT2D eigenvalue weighted by molar-refractivity contribution is 0.127. The number of methoxy groups -OCH3 is 1. The van der Waals surface area contributed by atoms with Crippen LogP contribution in [0.4, 0.5) is 0 Å². The highest BCUT2D eigenvalue weighted by Gasteiger charge is 2.21. The van der Waals surface area contributed by atoms with Gasteiger partial charge in [-0.15, -0.1) is 0 Å². The van der Waals surface area contributed by atoms with Gasteiger partial charge in [-0.25, -0.2) is 4.79 Å².